The van der Waals surface area contributed by atoms with Gasteiger partial charge in [-0.15, -0.1) is 0 Å². The van der Waals surface area contributed by atoms with E-state index in [2.05, 4.69) is 5.32 Å². The molecule has 1 rings (SSSR count). The van der Waals surface area contributed by atoms with Crippen molar-refractivity contribution in [2.75, 3.05) is 6.61 Å². The summed E-state index contributed by atoms with van der Waals surface area (Å²) in [6, 6.07) is -0.793. The van der Waals surface area contributed by atoms with Gasteiger partial charge in [-0.25, -0.2) is 4.79 Å². The fraction of sp³-hybridized carbons (Fsp3) is 0.833. The molecule has 98 valence electrons. The molecule has 1 aliphatic rings. The van der Waals surface area contributed by atoms with Crippen LogP contribution in [-0.2, 0) is 14.3 Å². The standard InChI is InChI=1S/C12H21NO4/c1-7(2)4-10(12(15)16)13-11(14)9-5-8(3)17-6-9/h7-10H,4-6H2,1-3H3,(H,13,14)(H,15,16). The topological polar surface area (TPSA) is 75.6 Å². The molecule has 1 heterocycles. The van der Waals surface area contributed by atoms with Crippen LogP contribution in [-0.4, -0.2) is 35.7 Å². The number of ether oxygens (including phenoxy) is 1. The molecule has 0 spiro atoms. The van der Waals surface area contributed by atoms with E-state index in [1.165, 1.54) is 0 Å². The number of rotatable bonds is 5. The Morgan fingerprint density at radius 3 is 2.53 bits per heavy atom. The van der Waals surface area contributed by atoms with Crippen LogP contribution in [0.5, 0.6) is 0 Å². The Morgan fingerprint density at radius 1 is 1.47 bits per heavy atom. The van der Waals surface area contributed by atoms with Gasteiger partial charge in [0.1, 0.15) is 6.04 Å². The Morgan fingerprint density at radius 2 is 2.12 bits per heavy atom. The Hall–Kier alpha value is -1.10. The first-order valence-electron chi connectivity index (χ1n) is 6.05. The second-order valence-corrected chi connectivity index (χ2v) is 5.11. The number of nitrogens with one attached hydrogen (secondary N) is 1. The summed E-state index contributed by atoms with van der Waals surface area (Å²) in [5.74, 6) is -1.16. The van der Waals surface area contributed by atoms with Crippen LogP contribution in [0.4, 0.5) is 0 Å². The van der Waals surface area contributed by atoms with E-state index in [1.54, 1.807) is 0 Å². The van der Waals surface area contributed by atoms with E-state index in [0.29, 0.717) is 19.4 Å². The molecule has 1 amide bonds. The van der Waals surface area contributed by atoms with Gasteiger partial charge in [0, 0.05) is 0 Å². The normalized spacial score (nSPS) is 25.9. The monoisotopic (exact) mass is 243 g/mol. The predicted molar refractivity (Wildman–Crippen MR) is 62.5 cm³/mol. The average Bonchev–Trinajstić information content (AvgIpc) is 2.63. The number of carboxylic acids is 1. The highest BCUT2D eigenvalue weighted by molar-refractivity contribution is 5.85. The number of amides is 1. The molecular weight excluding hydrogens is 222 g/mol. The molecule has 0 saturated carbocycles. The molecule has 1 fully saturated rings. The van der Waals surface area contributed by atoms with Crippen molar-refractivity contribution in [2.24, 2.45) is 11.8 Å². The van der Waals surface area contributed by atoms with Crippen LogP contribution in [0.3, 0.4) is 0 Å². The van der Waals surface area contributed by atoms with E-state index in [-0.39, 0.29) is 23.8 Å². The zero-order chi connectivity index (χ0) is 13.0. The average molecular weight is 243 g/mol. The lowest BCUT2D eigenvalue weighted by Gasteiger charge is -2.18. The summed E-state index contributed by atoms with van der Waals surface area (Å²) in [7, 11) is 0. The third kappa shape index (κ3) is 4.34. The number of aliphatic carboxylic acids is 1. The molecule has 0 radical (unpaired) electrons. The Labute approximate surface area is 102 Å². The van der Waals surface area contributed by atoms with Crippen molar-refractivity contribution < 1.29 is 19.4 Å². The molecule has 1 saturated heterocycles. The summed E-state index contributed by atoms with van der Waals surface area (Å²) in [5.41, 5.74) is 0. The van der Waals surface area contributed by atoms with Gasteiger partial charge in [-0.05, 0) is 25.7 Å². The van der Waals surface area contributed by atoms with Crippen LogP contribution in [0.15, 0.2) is 0 Å². The van der Waals surface area contributed by atoms with Gasteiger partial charge < -0.3 is 15.2 Å². The highest BCUT2D eigenvalue weighted by Crippen LogP contribution is 2.19. The molecule has 5 heteroatoms. The van der Waals surface area contributed by atoms with Gasteiger partial charge in [-0.1, -0.05) is 13.8 Å². The molecule has 0 aromatic heterocycles. The van der Waals surface area contributed by atoms with E-state index in [1.807, 2.05) is 20.8 Å². The summed E-state index contributed by atoms with van der Waals surface area (Å²) in [6.45, 7) is 6.17. The van der Waals surface area contributed by atoms with Crippen LogP contribution >= 0.6 is 0 Å². The Balaban J connectivity index is 2.49. The largest absolute Gasteiger partial charge is 0.480 e. The minimum absolute atomic E-state index is 0.0825. The van der Waals surface area contributed by atoms with E-state index in [0.717, 1.165) is 0 Å². The maximum absolute atomic E-state index is 11.8. The smallest absolute Gasteiger partial charge is 0.326 e. The summed E-state index contributed by atoms with van der Waals surface area (Å²) in [5, 5.41) is 11.6. The van der Waals surface area contributed by atoms with Crippen molar-refractivity contribution in [3.8, 4) is 0 Å². The van der Waals surface area contributed by atoms with Crippen molar-refractivity contribution in [1.29, 1.82) is 0 Å². The van der Waals surface area contributed by atoms with Crippen molar-refractivity contribution in [2.45, 2.75) is 45.8 Å². The second-order valence-electron chi connectivity index (χ2n) is 5.11. The first-order chi connectivity index (χ1) is 7.90. The molecular formula is C12H21NO4. The zero-order valence-corrected chi connectivity index (χ0v) is 10.6. The van der Waals surface area contributed by atoms with Gasteiger partial charge >= 0.3 is 5.97 Å². The Kier molecular flexibility index (Phi) is 4.93. The Bertz CT molecular complexity index is 290. The maximum atomic E-state index is 11.8. The van der Waals surface area contributed by atoms with Crippen molar-refractivity contribution >= 4 is 11.9 Å². The molecule has 17 heavy (non-hydrogen) atoms. The number of carbonyl (C=O) groups is 2. The van der Waals surface area contributed by atoms with E-state index >= 15 is 0 Å². The minimum atomic E-state index is -0.973. The molecule has 3 atom stereocenters. The van der Waals surface area contributed by atoms with Gasteiger partial charge in [-0.3, -0.25) is 4.79 Å². The van der Waals surface area contributed by atoms with Crippen molar-refractivity contribution in [3.63, 3.8) is 0 Å². The summed E-state index contributed by atoms with van der Waals surface area (Å²) in [4.78, 5) is 22.8. The number of hydrogen-bond acceptors (Lipinski definition) is 3. The lowest BCUT2D eigenvalue weighted by molar-refractivity contribution is -0.143. The molecule has 0 aromatic carbocycles. The highest BCUT2D eigenvalue weighted by Gasteiger charge is 2.31. The number of hydrogen-bond donors (Lipinski definition) is 2. The quantitative estimate of drug-likeness (QED) is 0.756. The summed E-state index contributed by atoms with van der Waals surface area (Å²) >= 11 is 0. The second kappa shape index (κ2) is 6.00. The third-order valence-corrected chi connectivity index (χ3v) is 2.89. The van der Waals surface area contributed by atoms with Crippen LogP contribution in [0.25, 0.3) is 0 Å². The third-order valence-electron chi connectivity index (χ3n) is 2.89. The molecule has 0 bridgehead atoms. The van der Waals surface area contributed by atoms with Gasteiger partial charge in [-0.2, -0.15) is 0 Å². The van der Waals surface area contributed by atoms with Crippen LogP contribution < -0.4 is 5.32 Å². The molecule has 0 aromatic rings. The summed E-state index contributed by atoms with van der Waals surface area (Å²) < 4.78 is 5.30. The van der Waals surface area contributed by atoms with Crippen molar-refractivity contribution in [3.05, 3.63) is 0 Å². The molecule has 1 aliphatic heterocycles. The molecule has 3 unspecified atom stereocenters. The molecule has 5 nitrogen and oxygen atoms in total. The van der Waals surface area contributed by atoms with Crippen LogP contribution in [0.1, 0.15) is 33.6 Å². The van der Waals surface area contributed by atoms with E-state index in [9.17, 15) is 9.59 Å². The highest BCUT2D eigenvalue weighted by atomic mass is 16.5. The molecule has 2 N–H and O–H groups in total. The fourth-order valence-electron chi connectivity index (χ4n) is 1.98. The number of carbonyl (C=O) groups excluding carboxylic acids is 1. The predicted octanol–water partition coefficient (Wildman–Crippen LogP) is 1.03. The molecule has 0 aliphatic carbocycles. The summed E-state index contributed by atoms with van der Waals surface area (Å²) in [6.07, 6.45) is 1.20. The van der Waals surface area contributed by atoms with Gasteiger partial charge in [0.05, 0.1) is 18.6 Å². The minimum Gasteiger partial charge on any atom is -0.480 e. The van der Waals surface area contributed by atoms with Gasteiger partial charge in [0.2, 0.25) is 5.91 Å². The fourth-order valence-corrected chi connectivity index (χ4v) is 1.98. The van der Waals surface area contributed by atoms with Gasteiger partial charge in [0.15, 0.2) is 0 Å². The number of carboxylic acid groups (broad SMARTS) is 1. The van der Waals surface area contributed by atoms with E-state index in [4.69, 9.17) is 9.84 Å². The van der Waals surface area contributed by atoms with Crippen molar-refractivity contribution in [1.82, 2.24) is 5.32 Å². The maximum Gasteiger partial charge on any atom is 0.326 e. The lowest BCUT2D eigenvalue weighted by atomic mass is 10.0. The van der Waals surface area contributed by atoms with Gasteiger partial charge in [0.25, 0.3) is 0 Å². The first-order valence-corrected chi connectivity index (χ1v) is 6.05. The zero-order valence-electron chi connectivity index (χ0n) is 10.6. The van der Waals surface area contributed by atoms with Crippen LogP contribution in [0, 0.1) is 11.8 Å². The lowest BCUT2D eigenvalue weighted by Crippen LogP contribution is -2.44. The van der Waals surface area contributed by atoms with E-state index < -0.39 is 12.0 Å². The van der Waals surface area contributed by atoms with Crippen LogP contribution in [0.2, 0.25) is 0 Å². The SMILES string of the molecule is CC(C)CC(NC(=O)C1COC(C)C1)C(=O)O. The first kappa shape index (κ1) is 14.0.